The summed E-state index contributed by atoms with van der Waals surface area (Å²) >= 11 is 0. The highest BCUT2D eigenvalue weighted by molar-refractivity contribution is 4.99. The zero-order valence-corrected chi connectivity index (χ0v) is 26.1. The van der Waals surface area contributed by atoms with Gasteiger partial charge in [0.05, 0.1) is 0 Å². The molecule has 12 bridgehead atoms. The van der Waals surface area contributed by atoms with E-state index in [0.29, 0.717) is 0 Å². The van der Waals surface area contributed by atoms with Gasteiger partial charge in [0.2, 0.25) is 0 Å². The van der Waals surface area contributed by atoms with Crippen LogP contribution in [0.3, 0.4) is 0 Å². The predicted molar refractivity (Wildman–Crippen MR) is 162 cm³/mol. The number of rotatable bonds is 0. The van der Waals surface area contributed by atoms with Crippen molar-refractivity contribution in [3.8, 4) is 0 Å². The maximum absolute atomic E-state index is 2.54. The monoisotopic (exact) mass is 521 g/mol. The summed E-state index contributed by atoms with van der Waals surface area (Å²) in [6, 6.07) is 0. The highest BCUT2D eigenvalue weighted by Gasteiger charge is 2.48. The van der Waals surface area contributed by atoms with Crippen molar-refractivity contribution in [1.82, 2.24) is 0 Å². The number of hydrogen-bond acceptors (Lipinski definition) is 0. The molecule has 216 valence electrons. The zero-order chi connectivity index (χ0) is 26.1. The van der Waals surface area contributed by atoms with Crippen LogP contribution in [-0.4, -0.2) is 0 Å². The molecule has 12 rings (SSSR count). The van der Waals surface area contributed by atoms with Gasteiger partial charge in [0, 0.05) is 0 Å². The summed E-state index contributed by atoms with van der Waals surface area (Å²) in [6.45, 7) is 9.93. The molecule has 0 aromatic carbocycles. The van der Waals surface area contributed by atoms with Crippen LogP contribution in [0.25, 0.3) is 0 Å². The van der Waals surface area contributed by atoms with E-state index in [-0.39, 0.29) is 0 Å². The van der Waals surface area contributed by atoms with E-state index in [1.54, 1.807) is 103 Å². The van der Waals surface area contributed by atoms with Crippen LogP contribution in [0, 0.1) is 81.8 Å². The molecule has 0 heteroatoms. The van der Waals surface area contributed by atoms with Crippen LogP contribution in [0.15, 0.2) is 0 Å². The van der Waals surface area contributed by atoms with Gasteiger partial charge in [-0.1, -0.05) is 34.1 Å². The highest BCUT2D eigenvalue weighted by atomic mass is 14.5. The third-order valence-electron chi connectivity index (χ3n) is 15.2. The Labute approximate surface area is 237 Å². The third kappa shape index (κ3) is 5.57. The number of hydrogen-bond donors (Lipinski definition) is 0. The summed E-state index contributed by atoms with van der Waals surface area (Å²) in [5, 5.41) is 0. The van der Waals surface area contributed by atoms with Gasteiger partial charge < -0.3 is 0 Å². The summed E-state index contributed by atoms with van der Waals surface area (Å²) in [7, 11) is 0. The average Bonchev–Trinajstić information content (AvgIpc) is 3.63. The zero-order valence-electron chi connectivity index (χ0n) is 26.1. The fourth-order valence-electron chi connectivity index (χ4n) is 13.8. The minimum absolute atomic E-state index is 0.800. The summed E-state index contributed by atoms with van der Waals surface area (Å²) < 4.78 is 0. The minimum Gasteiger partial charge on any atom is -0.0622 e. The minimum atomic E-state index is 0.800. The van der Waals surface area contributed by atoms with E-state index in [2.05, 4.69) is 27.7 Å². The SMILES string of the molecule is CC12CC3CC(CC(C3)C1)C2.CC12CCC(CC1)C2.CC1C2CC3CC(C2)CC1C3.C[C@@H]1CC2CCC1C2. The van der Waals surface area contributed by atoms with E-state index >= 15 is 0 Å². The van der Waals surface area contributed by atoms with Gasteiger partial charge in [0.1, 0.15) is 0 Å². The molecule has 38 heavy (non-hydrogen) atoms. The van der Waals surface area contributed by atoms with Gasteiger partial charge >= 0.3 is 0 Å². The maximum Gasteiger partial charge on any atom is -0.0318 e. The van der Waals surface area contributed by atoms with Gasteiger partial charge in [-0.3, -0.25) is 0 Å². The van der Waals surface area contributed by atoms with Gasteiger partial charge in [0.15, 0.2) is 0 Å². The predicted octanol–water partition coefficient (Wildman–Crippen LogP) is 11.3. The molecule has 12 aliphatic rings. The van der Waals surface area contributed by atoms with Crippen molar-refractivity contribution in [3.63, 3.8) is 0 Å². The lowest BCUT2D eigenvalue weighted by Gasteiger charge is -2.55. The van der Waals surface area contributed by atoms with Gasteiger partial charge in [0.25, 0.3) is 0 Å². The van der Waals surface area contributed by atoms with Crippen LogP contribution in [0.1, 0.15) is 156 Å². The fourth-order valence-corrected chi connectivity index (χ4v) is 13.8. The second kappa shape index (κ2) is 10.4. The first-order valence-electron chi connectivity index (χ1n) is 18.2. The summed E-state index contributed by atoms with van der Waals surface area (Å²) in [4.78, 5) is 0. The summed E-state index contributed by atoms with van der Waals surface area (Å²) in [5.74, 6) is 13.6. The molecule has 12 fully saturated rings. The standard InChI is InChI=1S/2C11H18.2C8H14/c1-11-5-8-2-9(6-11)4-10(3-8)7-11;1-7-10-3-8-2-9(5-10)6-11(7)4-8;1-8-4-2-7(6-8)3-5-8;1-6-4-7-2-3-8(6)5-7/h8-10H,2-7H2,1H3;7-11H,2-6H2,1H3;7H,2-6H2,1H3;6-8H,2-5H2,1H3/t;;;6-,7?,8?/m...1/s1. The van der Waals surface area contributed by atoms with E-state index in [0.717, 1.165) is 81.8 Å². The van der Waals surface area contributed by atoms with Crippen molar-refractivity contribution in [1.29, 1.82) is 0 Å². The average molecular weight is 521 g/mol. The van der Waals surface area contributed by atoms with E-state index < -0.39 is 0 Å². The molecule has 0 saturated heterocycles. The topological polar surface area (TPSA) is 0 Å². The van der Waals surface area contributed by atoms with Crippen LogP contribution < -0.4 is 0 Å². The molecule has 0 aliphatic heterocycles. The Balaban J connectivity index is 0.0000000860. The van der Waals surface area contributed by atoms with Crippen molar-refractivity contribution in [3.05, 3.63) is 0 Å². The molecule has 0 heterocycles. The van der Waals surface area contributed by atoms with E-state index in [1.807, 2.05) is 0 Å². The van der Waals surface area contributed by atoms with Gasteiger partial charge in [-0.15, -0.1) is 0 Å². The first kappa shape index (κ1) is 26.9. The highest BCUT2D eigenvalue weighted by Crippen LogP contribution is 2.60. The van der Waals surface area contributed by atoms with Gasteiger partial charge in [-0.25, -0.2) is 0 Å². The maximum atomic E-state index is 2.54. The van der Waals surface area contributed by atoms with Crippen molar-refractivity contribution >= 4 is 0 Å². The van der Waals surface area contributed by atoms with Crippen LogP contribution in [-0.2, 0) is 0 Å². The molecule has 12 aliphatic carbocycles. The molecule has 0 aromatic rings. The molecular formula is C38H64. The van der Waals surface area contributed by atoms with Crippen LogP contribution in [0.2, 0.25) is 0 Å². The fraction of sp³-hybridized carbons (Fsp3) is 1.00. The molecule has 0 radical (unpaired) electrons. The molecular weight excluding hydrogens is 456 g/mol. The van der Waals surface area contributed by atoms with Crippen LogP contribution in [0.5, 0.6) is 0 Å². The largest absolute Gasteiger partial charge is 0.0622 e. The first-order chi connectivity index (χ1) is 18.2. The Bertz CT molecular complexity index is 747. The molecule has 12 saturated carbocycles. The lowest BCUT2D eigenvalue weighted by atomic mass is 9.50. The Morgan fingerprint density at radius 1 is 0.395 bits per heavy atom. The normalized spacial score (nSPS) is 57.2. The molecule has 0 aromatic heterocycles. The Morgan fingerprint density at radius 3 is 1.16 bits per heavy atom. The molecule has 0 spiro atoms. The van der Waals surface area contributed by atoms with E-state index in [4.69, 9.17) is 0 Å². The van der Waals surface area contributed by atoms with Crippen LogP contribution in [0.4, 0.5) is 0 Å². The van der Waals surface area contributed by atoms with Crippen molar-refractivity contribution in [2.75, 3.05) is 0 Å². The van der Waals surface area contributed by atoms with Gasteiger partial charge in [-0.05, 0) is 204 Å². The molecule has 2 unspecified atom stereocenters. The second-order valence-electron chi connectivity index (χ2n) is 18.6. The second-order valence-corrected chi connectivity index (χ2v) is 18.6. The van der Waals surface area contributed by atoms with Crippen molar-refractivity contribution in [2.24, 2.45) is 81.8 Å². The lowest BCUT2D eigenvalue weighted by Crippen LogP contribution is -2.44. The summed E-state index contributed by atoms with van der Waals surface area (Å²) in [5.41, 5.74) is 1.61. The Morgan fingerprint density at radius 2 is 0.868 bits per heavy atom. The smallest absolute Gasteiger partial charge is 0.0318 e. The first-order valence-corrected chi connectivity index (χ1v) is 18.2. The molecule has 0 N–H and O–H groups in total. The van der Waals surface area contributed by atoms with E-state index in [1.165, 1.54) is 25.7 Å². The van der Waals surface area contributed by atoms with Crippen molar-refractivity contribution in [2.45, 2.75) is 156 Å². The Kier molecular flexibility index (Phi) is 7.33. The third-order valence-corrected chi connectivity index (χ3v) is 15.2. The summed E-state index contributed by atoms with van der Waals surface area (Å²) in [6.07, 6.45) is 31.3. The van der Waals surface area contributed by atoms with Gasteiger partial charge in [-0.2, -0.15) is 0 Å². The Hall–Kier alpha value is 0. The molecule has 0 nitrogen and oxygen atoms in total. The molecule has 0 amide bonds. The number of fused-ring (bicyclic) bond motifs is 4. The lowest BCUT2D eigenvalue weighted by molar-refractivity contribution is -0.0411. The van der Waals surface area contributed by atoms with Crippen LogP contribution >= 0.6 is 0 Å². The molecule has 3 atom stereocenters. The van der Waals surface area contributed by atoms with Crippen molar-refractivity contribution < 1.29 is 0 Å². The quantitative estimate of drug-likeness (QED) is 0.298. The van der Waals surface area contributed by atoms with E-state index in [9.17, 15) is 0 Å².